The van der Waals surface area contributed by atoms with E-state index < -0.39 is 5.25 Å². The van der Waals surface area contributed by atoms with Crippen molar-refractivity contribution >= 4 is 39.3 Å². The number of hydrogen-bond acceptors (Lipinski definition) is 7. The normalized spacial score (nSPS) is 11.6. The van der Waals surface area contributed by atoms with E-state index in [0.29, 0.717) is 37.5 Å². The Morgan fingerprint density at radius 1 is 1.34 bits per heavy atom. The Morgan fingerprint density at radius 2 is 2.06 bits per heavy atom. The Labute approximate surface area is 202 Å². The molecule has 166 valence electrons. The van der Waals surface area contributed by atoms with Crippen LogP contribution >= 0.6 is 39.3 Å². The van der Waals surface area contributed by atoms with E-state index >= 15 is 0 Å². The third-order valence-electron chi connectivity index (χ3n) is 4.37. The molecular weight excluding hydrogens is 520 g/mol. The molecule has 1 aromatic heterocycles. The van der Waals surface area contributed by atoms with Gasteiger partial charge < -0.3 is 9.47 Å². The zero-order valence-corrected chi connectivity index (χ0v) is 20.3. The van der Waals surface area contributed by atoms with Crippen LogP contribution in [0.4, 0.5) is 0 Å². The fourth-order valence-electron chi connectivity index (χ4n) is 2.96. The number of thioether (sulfide) groups is 1. The largest absolute Gasteiger partial charge is 0.493 e. The maximum Gasteiger partial charge on any atom is 0.220 e. The molecule has 1 heterocycles. The Hall–Kier alpha value is -2.74. The molecule has 8 nitrogen and oxygen atoms in total. The number of aryl methyl sites for hydroxylation is 1. The van der Waals surface area contributed by atoms with Crippen molar-refractivity contribution in [2.75, 3.05) is 20.3 Å². The highest BCUT2D eigenvalue weighted by molar-refractivity contribution is 9.10. The van der Waals surface area contributed by atoms with Crippen LogP contribution in [-0.2, 0) is 0 Å². The maximum absolute atomic E-state index is 11.5. The number of ether oxygens (including phenoxy) is 2. The van der Waals surface area contributed by atoms with E-state index in [0.717, 1.165) is 5.69 Å². The lowest BCUT2D eigenvalue weighted by Crippen LogP contribution is -2.12. The van der Waals surface area contributed by atoms with E-state index in [4.69, 9.17) is 27.5 Å². The monoisotopic (exact) mass is 536 g/mol. The number of hydrogen-bond donors (Lipinski definition) is 0. The Kier molecular flexibility index (Phi) is 8.01. The number of methoxy groups -OCH3 is 1. The van der Waals surface area contributed by atoms with Gasteiger partial charge in [-0.1, -0.05) is 29.3 Å². The van der Waals surface area contributed by atoms with Crippen molar-refractivity contribution in [1.82, 2.24) is 14.8 Å². The van der Waals surface area contributed by atoms with Gasteiger partial charge in [0.2, 0.25) is 6.54 Å². The van der Waals surface area contributed by atoms with Gasteiger partial charge in [0.05, 0.1) is 11.6 Å². The van der Waals surface area contributed by atoms with Crippen LogP contribution in [0.5, 0.6) is 11.5 Å². The predicted molar refractivity (Wildman–Crippen MR) is 127 cm³/mol. The van der Waals surface area contributed by atoms with Crippen LogP contribution in [-0.4, -0.2) is 39.9 Å². The van der Waals surface area contributed by atoms with Crippen molar-refractivity contribution in [3.63, 3.8) is 0 Å². The molecule has 0 aliphatic heterocycles. The summed E-state index contributed by atoms with van der Waals surface area (Å²) in [6.07, 6.45) is 5.28. The van der Waals surface area contributed by atoms with Crippen molar-refractivity contribution in [2.45, 2.75) is 17.3 Å². The van der Waals surface area contributed by atoms with Gasteiger partial charge in [-0.2, -0.15) is 0 Å². The summed E-state index contributed by atoms with van der Waals surface area (Å²) >= 11 is 10.7. The summed E-state index contributed by atoms with van der Waals surface area (Å²) in [4.78, 5) is 11.1. The minimum absolute atomic E-state index is 0.0604. The molecule has 0 saturated heterocycles. The summed E-state index contributed by atoms with van der Waals surface area (Å²) in [7, 11) is 1.49. The Bertz CT molecular complexity index is 1160. The average Bonchev–Trinajstić information content (AvgIpc) is 3.12. The molecule has 0 spiro atoms. The fourth-order valence-corrected chi connectivity index (χ4v) is 4.81. The molecule has 0 bridgehead atoms. The van der Waals surface area contributed by atoms with E-state index in [2.05, 4.69) is 32.0 Å². The average molecular weight is 538 g/mol. The van der Waals surface area contributed by atoms with Gasteiger partial charge in [-0.15, -0.1) is 16.6 Å². The second-order valence-electron chi connectivity index (χ2n) is 6.49. The van der Waals surface area contributed by atoms with Crippen LogP contribution in [0.1, 0.15) is 16.6 Å². The lowest BCUT2D eigenvalue weighted by molar-refractivity contribution is -0.479. The van der Waals surface area contributed by atoms with E-state index in [9.17, 15) is 10.1 Å². The Balaban J connectivity index is 2.01. The number of nitrogens with zero attached hydrogens (tertiary/aromatic N) is 4. The molecule has 0 unspecified atom stereocenters. The van der Waals surface area contributed by atoms with Crippen molar-refractivity contribution in [1.29, 1.82) is 0 Å². The molecular formula is C21H18BrClN4O4S. The first-order valence-electron chi connectivity index (χ1n) is 9.24. The minimum atomic E-state index is -0.577. The van der Waals surface area contributed by atoms with E-state index in [1.807, 2.05) is 23.6 Å². The second-order valence-corrected chi connectivity index (χ2v) is 8.95. The first-order chi connectivity index (χ1) is 15.3. The van der Waals surface area contributed by atoms with Crippen LogP contribution in [0, 0.1) is 29.4 Å². The molecule has 3 rings (SSSR count). The van der Waals surface area contributed by atoms with Crippen LogP contribution in [0.15, 0.2) is 46.0 Å². The fraction of sp³-hybridized carbons (Fsp3) is 0.238. The molecule has 32 heavy (non-hydrogen) atoms. The highest BCUT2D eigenvalue weighted by Gasteiger charge is 2.26. The molecule has 1 atom stereocenters. The van der Waals surface area contributed by atoms with E-state index in [-0.39, 0.29) is 18.1 Å². The summed E-state index contributed by atoms with van der Waals surface area (Å²) in [5, 5.41) is 20.4. The topological polar surface area (TPSA) is 92.3 Å². The zero-order chi connectivity index (χ0) is 23.3. The van der Waals surface area contributed by atoms with Crippen molar-refractivity contribution in [3.8, 4) is 29.5 Å². The van der Waals surface area contributed by atoms with Gasteiger partial charge in [0.1, 0.15) is 17.7 Å². The SMILES string of the molecule is C#CCOc1c(Br)cc([C@H](C[N+](=O)[O-])Sc2nnc(C)n2-c2ccc(Cl)cc2)cc1OC. The lowest BCUT2D eigenvalue weighted by Gasteiger charge is -2.17. The molecule has 11 heteroatoms. The quantitative estimate of drug-likeness (QED) is 0.162. The first-order valence-corrected chi connectivity index (χ1v) is 11.3. The molecule has 0 aliphatic rings. The van der Waals surface area contributed by atoms with Crippen molar-refractivity contribution < 1.29 is 14.4 Å². The van der Waals surface area contributed by atoms with Gasteiger partial charge in [0, 0.05) is 15.6 Å². The van der Waals surface area contributed by atoms with Gasteiger partial charge in [0.15, 0.2) is 16.7 Å². The maximum atomic E-state index is 11.5. The molecule has 0 amide bonds. The lowest BCUT2D eigenvalue weighted by atomic mass is 10.1. The number of halogens is 2. The van der Waals surface area contributed by atoms with Gasteiger partial charge in [-0.25, -0.2) is 0 Å². The number of benzene rings is 2. The van der Waals surface area contributed by atoms with Gasteiger partial charge >= 0.3 is 0 Å². The third kappa shape index (κ3) is 5.54. The summed E-state index contributed by atoms with van der Waals surface area (Å²) in [6.45, 7) is 1.54. The molecule has 0 fully saturated rings. The standard InChI is InChI=1S/C21H18BrClN4O4S/c1-4-9-31-20-17(22)10-14(11-18(20)30-3)19(12-26(28)29)32-21-25-24-13(2)27(21)16-7-5-15(23)6-8-16/h1,5-8,10-11,19H,9,12H2,2-3H3/t19-/m0/s1. The van der Waals surface area contributed by atoms with Crippen LogP contribution in [0.3, 0.4) is 0 Å². The van der Waals surface area contributed by atoms with Crippen molar-refractivity contribution in [3.05, 3.63) is 67.4 Å². The summed E-state index contributed by atoms with van der Waals surface area (Å²) in [5.74, 6) is 3.89. The summed E-state index contributed by atoms with van der Waals surface area (Å²) in [6, 6.07) is 10.6. The van der Waals surface area contributed by atoms with E-state index in [1.165, 1.54) is 18.9 Å². The van der Waals surface area contributed by atoms with Gasteiger partial charge in [-0.3, -0.25) is 14.7 Å². The highest BCUT2D eigenvalue weighted by Crippen LogP contribution is 2.43. The molecule has 3 aromatic rings. The molecule has 0 saturated carbocycles. The van der Waals surface area contributed by atoms with Crippen LogP contribution in [0.2, 0.25) is 5.02 Å². The molecule has 0 aliphatic carbocycles. The first kappa shape index (κ1) is 23.9. The van der Waals surface area contributed by atoms with Gasteiger partial charge in [0.25, 0.3) is 0 Å². The van der Waals surface area contributed by atoms with E-state index in [1.54, 1.807) is 24.3 Å². The molecule has 2 aromatic carbocycles. The van der Waals surface area contributed by atoms with Crippen molar-refractivity contribution in [2.24, 2.45) is 0 Å². The van der Waals surface area contributed by atoms with Gasteiger partial charge in [-0.05, 0) is 64.8 Å². The Morgan fingerprint density at radius 3 is 2.69 bits per heavy atom. The highest BCUT2D eigenvalue weighted by atomic mass is 79.9. The smallest absolute Gasteiger partial charge is 0.220 e. The molecule has 0 N–H and O–H groups in total. The molecule has 0 radical (unpaired) electrons. The van der Waals surface area contributed by atoms with Crippen LogP contribution in [0.25, 0.3) is 5.69 Å². The number of nitro groups is 1. The van der Waals surface area contributed by atoms with Crippen LogP contribution < -0.4 is 9.47 Å². The minimum Gasteiger partial charge on any atom is -0.493 e. The number of aromatic nitrogens is 3. The third-order valence-corrected chi connectivity index (χ3v) is 6.39. The summed E-state index contributed by atoms with van der Waals surface area (Å²) < 4.78 is 13.4. The predicted octanol–water partition coefficient (Wildman–Crippen LogP) is 5.12. The second kappa shape index (κ2) is 10.7. The summed E-state index contributed by atoms with van der Waals surface area (Å²) in [5.41, 5.74) is 1.46. The zero-order valence-electron chi connectivity index (χ0n) is 17.1. The number of terminal acetylenes is 1. The number of rotatable bonds is 9.